The molecule has 3 aromatic rings. The molecule has 1 heterocycles. The van der Waals surface area contributed by atoms with Gasteiger partial charge in [-0.2, -0.15) is 0 Å². The molecule has 0 aliphatic heterocycles. The summed E-state index contributed by atoms with van der Waals surface area (Å²) in [6.45, 7) is 0.277. The number of phenolic OH excluding ortho intramolecular Hbond substituents is 1. The summed E-state index contributed by atoms with van der Waals surface area (Å²) in [6, 6.07) is 9.10. The van der Waals surface area contributed by atoms with Crippen LogP contribution < -0.4 is 14.8 Å². The van der Waals surface area contributed by atoms with Crippen molar-refractivity contribution in [2.24, 2.45) is 0 Å². The summed E-state index contributed by atoms with van der Waals surface area (Å²) in [7, 11) is 2.68. The highest BCUT2D eigenvalue weighted by Crippen LogP contribution is 2.31. The lowest BCUT2D eigenvalue weighted by molar-refractivity contribution is 0.0597. The number of nitrogens with zero attached hydrogens (tertiary/aromatic N) is 1. The van der Waals surface area contributed by atoms with E-state index in [-0.39, 0.29) is 29.2 Å². The molecule has 3 rings (SSSR count). The van der Waals surface area contributed by atoms with Crippen LogP contribution in [0.3, 0.4) is 0 Å². The molecule has 8 nitrogen and oxygen atoms in total. The molecule has 2 aromatic carbocycles. The van der Waals surface area contributed by atoms with E-state index in [4.69, 9.17) is 9.47 Å². The van der Waals surface area contributed by atoms with Gasteiger partial charge in [-0.1, -0.05) is 6.07 Å². The molecule has 0 spiro atoms. The van der Waals surface area contributed by atoms with Crippen LogP contribution in [0.4, 0.5) is 5.69 Å². The van der Waals surface area contributed by atoms with Crippen LogP contribution in [0.15, 0.2) is 47.3 Å². The molecule has 0 bridgehead atoms. The number of hydrogen-bond donors (Lipinski definition) is 2. The summed E-state index contributed by atoms with van der Waals surface area (Å²) in [6.07, 6.45) is 0. The van der Waals surface area contributed by atoms with E-state index in [2.05, 4.69) is 15.0 Å². The number of carbonyl (C=O) groups excluding carboxylic acids is 2. The Labute approximate surface area is 170 Å². The van der Waals surface area contributed by atoms with E-state index < -0.39 is 11.9 Å². The van der Waals surface area contributed by atoms with Crippen LogP contribution in [-0.4, -0.2) is 36.2 Å². The van der Waals surface area contributed by atoms with Gasteiger partial charge in [-0.15, -0.1) is 11.3 Å². The molecule has 0 saturated carbocycles. The first-order valence-corrected chi connectivity index (χ1v) is 9.37. The van der Waals surface area contributed by atoms with Crippen molar-refractivity contribution in [2.45, 2.75) is 6.61 Å². The molecule has 29 heavy (non-hydrogen) atoms. The Morgan fingerprint density at radius 2 is 2.00 bits per heavy atom. The zero-order chi connectivity index (χ0) is 20.8. The number of rotatable bonds is 7. The molecule has 0 saturated heterocycles. The van der Waals surface area contributed by atoms with Gasteiger partial charge in [0.05, 0.1) is 31.1 Å². The highest BCUT2D eigenvalue weighted by molar-refractivity contribution is 7.07. The maximum atomic E-state index is 12.6. The van der Waals surface area contributed by atoms with E-state index in [1.54, 1.807) is 17.6 Å². The van der Waals surface area contributed by atoms with Gasteiger partial charge >= 0.3 is 5.97 Å². The van der Waals surface area contributed by atoms with Gasteiger partial charge in [0.2, 0.25) is 0 Å². The Balaban J connectivity index is 1.77. The number of anilines is 1. The van der Waals surface area contributed by atoms with E-state index in [0.29, 0.717) is 11.5 Å². The average Bonchev–Trinajstić information content (AvgIpc) is 3.26. The van der Waals surface area contributed by atoms with Gasteiger partial charge in [0.15, 0.2) is 17.2 Å². The third-order valence-electron chi connectivity index (χ3n) is 3.97. The number of ether oxygens (including phenoxy) is 3. The van der Waals surface area contributed by atoms with Gasteiger partial charge in [0, 0.05) is 10.9 Å². The summed E-state index contributed by atoms with van der Waals surface area (Å²) in [5.41, 5.74) is 2.83. The number of aromatic hydroxyl groups is 1. The maximum Gasteiger partial charge on any atom is 0.341 e. The van der Waals surface area contributed by atoms with E-state index in [1.807, 2.05) is 5.38 Å². The second-order valence-corrected chi connectivity index (χ2v) is 6.50. The number of nitrogens with one attached hydrogen (secondary N) is 1. The van der Waals surface area contributed by atoms with Crippen LogP contribution in [0.5, 0.6) is 17.2 Å². The topological polar surface area (TPSA) is 107 Å². The molecule has 9 heteroatoms. The number of carbonyl (C=O) groups is 2. The summed E-state index contributed by atoms with van der Waals surface area (Å²) < 4.78 is 15.6. The molecule has 0 atom stereocenters. The van der Waals surface area contributed by atoms with Gasteiger partial charge in [-0.3, -0.25) is 4.79 Å². The molecule has 2 N–H and O–H groups in total. The van der Waals surface area contributed by atoms with Crippen molar-refractivity contribution in [3.63, 3.8) is 0 Å². The quantitative estimate of drug-likeness (QED) is 0.450. The molecular weight excluding hydrogens is 396 g/mol. The highest BCUT2D eigenvalue weighted by Gasteiger charge is 2.17. The van der Waals surface area contributed by atoms with Crippen molar-refractivity contribution in [3.05, 3.63) is 64.1 Å². The molecule has 0 fully saturated rings. The first-order valence-electron chi connectivity index (χ1n) is 8.43. The molecule has 0 aliphatic carbocycles. The average molecular weight is 414 g/mol. The predicted molar refractivity (Wildman–Crippen MR) is 107 cm³/mol. The Bertz CT molecular complexity index is 1020. The monoisotopic (exact) mass is 414 g/mol. The summed E-state index contributed by atoms with van der Waals surface area (Å²) >= 11 is 1.47. The molecule has 0 unspecified atom stereocenters. The van der Waals surface area contributed by atoms with Gasteiger partial charge in [0.1, 0.15) is 12.2 Å². The number of methoxy groups -OCH3 is 2. The normalized spacial score (nSPS) is 10.3. The number of benzene rings is 2. The van der Waals surface area contributed by atoms with Gasteiger partial charge in [-0.25, -0.2) is 9.78 Å². The first-order chi connectivity index (χ1) is 14.0. The van der Waals surface area contributed by atoms with Crippen LogP contribution in [0.25, 0.3) is 0 Å². The van der Waals surface area contributed by atoms with Gasteiger partial charge in [0.25, 0.3) is 5.91 Å². The van der Waals surface area contributed by atoms with E-state index in [0.717, 1.165) is 5.69 Å². The largest absolute Gasteiger partial charge is 0.505 e. The Morgan fingerprint density at radius 3 is 2.69 bits per heavy atom. The van der Waals surface area contributed by atoms with Crippen molar-refractivity contribution in [2.75, 3.05) is 19.5 Å². The standard InChI is InChI=1S/C20H18N2O6S/c1-26-17-8-12(6-7-16(17)28-9-13-10-29-11-21-13)19(24)22-15-5-3-4-14(18(15)23)20(25)27-2/h3-8,10-11,23H,9H2,1-2H3,(H,22,24). The minimum Gasteiger partial charge on any atom is -0.505 e. The van der Waals surface area contributed by atoms with E-state index >= 15 is 0 Å². The Kier molecular flexibility index (Phi) is 6.30. The summed E-state index contributed by atoms with van der Waals surface area (Å²) in [4.78, 5) is 28.4. The van der Waals surface area contributed by atoms with E-state index in [9.17, 15) is 14.7 Å². The number of amides is 1. The Hall–Kier alpha value is -3.59. The lowest BCUT2D eigenvalue weighted by Gasteiger charge is -2.13. The maximum absolute atomic E-state index is 12.6. The highest BCUT2D eigenvalue weighted by atomic mass is 32.1. The number of para-hydroxylation sites is 1. The minimum absolute atomic E-state index is 0.0475. The van der Waals surface area contributed by atoms with Gasteiger partial charge < -0.3 is 24.6 Å². The molecule has 0 aliphatic rings. The van der Waals surface area contributed by atoms with E-state index in [1.165, 1.54) is 49.8 Å². The number of esters is 1. The lowest BCUT2D eigenvalue weighted by Crippen LogP contribution is -2.13. The van der Waals surface area contributed by atoms with Gasteiger partial charge in [-0.05, 0) is 30.3 Å². The number of aromatic nitrogens is 1. The van der Waals surface area contributed by atoms with Crippen molar-refractivity contribution in [1.29, 1.82) is 0 Å². The van der Waals surface area contributed by atoms with Crippen molar-refractivity contribution >= 4 is 28.9 Å². The second-order valence-electron chi connectivity index (χ2n) is 5.78. The fourth-order valence-electron chi connectivity index (χ4n) is 2.50. The number of phenols is 1. The van der Waals surface area contributed by atoms with Crippen LogP contribution in [0.2, 0.25) is 0 Å². The second kappa shape index (κ2) is 9.07. The first kappa shape index (κ1) is 20.2. The molecule has 0 radical (unpaired) electrons. The van der Waals surface area contributed by atoms with Crippen LogP contribution in [-0.2, 0) is 11.3 Å². The zero-order valence-corrected chi connectivity index (χ0v) is 16.5. The summed E-state index contributed by atoms with van der Waals surface area (Å²) in [5, 5.41) is 14.7. The van der Waals surface area contributed by atoms with Crippen LogP contribution >= 0.6 is 11.3 Å². The van der Waals surface area contributed by atoms with Crippen molar-refractivity contribution < 1.29 is 28.9 Å². The number of hydrogen-bond acceptors (Lipinski definition) is 8. The summed E-state index contributed by atoms with van der Waals surface area (Å²) in [5.74, 6) is -0.732. The molecule has 1 amide bonds. The molecule has 150 valence electrons. The van der Waals surface area contributed by atoms with Crippen molar-refractivity contribution in [1.82, 2.24) is 4.98 Å². The SMILES string of the molecule is COC(=O)c1cccc(NC(=O)c2ccc(OCc3cscn3)c(OC)c2)c1O. The third kappa shape index (κ3) is 4.64. The van der Waals surface area contributed by atoms with Crippen LogP contribution in [0, 0.1) is 0 Å². The molecule has 1 aromatic heterocycles. The minimum atomic E-state index is -0.707. The number of thiazole rings is 1. The van der Waals surface area contributed by atoms with Crippen molar-refractivity contribution in [3.8, 4) is 17.2 Å². The third-order valence-corrected chi connectivity index (χ3v) is 4.61. The fourth-order valence-corrected chi connectivity index (χ4v) is 3.05. The zero-order valence-electron chi connectivity index (χ0n) is 15.7. The lowest BCUT2D eigenvalue weighted by atomic mass is 10.1. The van der Waals surface area contributed by atoms with Crippen LogP contribution in [0.1, 0.15) is 26.4 Å². The Morgan fingerprint density at radius 1 is 1.17 bits per heavy atom. The predicted octanol–water partition coefficient (Wildman–Crippen LogP) is 3.48. The smallest absolute Gasteiger partial charge is 0.341 e. The molecular formula is C20H18N2O6S. The fraction of sp³-hybridized carbons (Fsp3) is 0.150.